The molecule has 0 unspecified atom stereocenters. The van der Waals surface area contributed by atoms with Crippen molar-refractivity contribution in [2.24, 2.45) is 0 Å². The standard InChI is InChI=1S/C15H21NO4S/c17-21(18,12-14-4-2-1-3-5-14)16-8-11-20-15(13-16)6-9-19-10-7-15/h1-5H,6-13H2. The molecule has 0 radical (unpaired) electrons. The van der Waals surface area contributed by atoms with E-state index in [1.54, 1.807) is 4.31 Å². The van der Waals surface area contributed by atoms with Crippen molar-refractivity contribution in [3.8, 4) is 0 Å². The van der Waals surface area contributed by atoms with Gasteiger partial charge in [0.25, 0.3) is 0 Å². The summed E-state index contributed by atoms with van der Waals surface area (Å²) in [5.41, 5.74) is 0.477. The van der Waals surface area contributed by atoms with Gasteiger partial charge in [-0.3, -0.25) is 0 Å². The Morgan fingerprint density at radius 1 is 1.10 bits per heavy atom. The van der Waals surface area contributed by atoms with E-state index in [-0.39, 0.29) is 11.4 Å². The molecule has 5 nitrogen and oxygen atoms in total. The van der Waals surface area contributed by atoms with Gasteiger partial charge in [0.05, 0.1) is 18.0 Å². The minimum absolute atomic E-state index is 0.0560. The van der Waals surface area contributed by atoms with Crippen molar-refractivity contribution in [2.45, 2.75) is 24.2 Å². The predicted octanol–water partition coefficient (Wildman–Crippen LogP) is 1.40. The summed E-state index contributed by atoms with van der Waals surface area (Å²) in [4.78, 5) is 0. The lowest BCUT2D eigenvalue weighted by atomic mass is 9.93. The van der Waals surface area contributed by atoms with Crippen molar-refractivity contribution in [1.82, 2.24) is 4.31 Å². The van der Waals surface area contributed by atoms with Gasteiger partial charge in [0.1, 0.15) is 0 Å². The maximum Gasteiger partial charge on any atom is 0.218 e. The second kappa shape index (κ2) is 6.04. The minimum Gasteiger partial charge on any atom is -0.381 e. The van der Waals surface area contributed by atoms with E-state index in [0.717, 1.165) is 18.4 Å². The van der Waals surface area contributed by atoms with Crippen molar-refractivity contribution in [1.29, 1.82) is 0 Å². The quantitative estimate of drug-likeness (QED) is 0.847. The molecule has 0 aromatic heterocycles. The average molecular weight is 311 g/mol. The fourth-order valence-electron chi connectivity index (χ4n) is 2.97. The molecular formula is C15H21NO4S. The summed E-state index contributed by atoms with van der Waals surface area (Å²) < 4.78 is 38.1. The molecule has 2 heterocycles. The van der Waals surface area contributed by atoms with Crippen LogP contribution in [0.2, 0.25) is 0 Å². The molecular weight excluding hydrogens is 290 g/mol. The van der Waals surface area contributed by atoms with Gasteiger partial charge in [-0.05, 0) is 5.56 Å². The summed E-state index contributed by atoms with van der Waals surface area (Å²) in [5.74, 6) is 0.0560. The van der Waals surface area contributed by atoms with E-state index in [1.807, 2.05) is 30.3 Å². The lowest BCUT2D eigenvalue weighted by Crippen LogP contribution is -2.55. The van der Waals surface area contributed by atoms with Gasteiger partial charge in [0, 0.05) is 39.1 Å². The molecule has 2 aliphatic heterocycles. The van der Waals surface area contributed by atoms with Gasteiger partial charge < -0.3 is 9.47 Å². The van der Waals surface area contributed by atoms with Gasteiger partial charge in [-0.2, -0.15) is 4.31 Å². The fraction of sp³-hybridized carbons (Fsp3) is 0.600. The van der Waals surface area contributed by atoms with E-state index < -0.39 is 10.0 Å². The smallest absolute Gasteiger partial charge is 0.218 e. The minimum atomic E-state index is -3.30. The van der Waals surface area contributed by atoms with Crippen LogP contribution < -0.4 is 0 Å². The Morgan fingerprint density at radius 3 is 2.52 bits per heavy atom. The van der Waals surface area contributed by atoms with Crippen molar-refractivity contribution in [2.75, 3.05) is 32.9 Å². The predicted molar refractivity (Wildman–Crippen MR) is 79.4 cm³/mol. The first kappa shape index (κ1) is 15.0. The van der Waals surface area contributed by atoms with Crippen LogP contribution in [0.4, 0.5) is 0 Å². The van der Waals surface area contributed by atoms with Crippen LogP contribution >= 0.6 is 0 Å². The number of rotatable bonds is 3. The number of hydrogen-bond donors (Lipinski definition) is 0. The van der Waals surface area contributed by atoms with Gasteiger partial charge in [-0.15, -0.1) is 0 Å². The second-order valence-electron chi connectivity index (χ2n) is 5.72. The highest BCUT2D eigenvalue weighted by atomic mass is 32.2. The Labute approximate surface area is 125 Å². The zero-order valence-electron chi connectivity index (χ0n) is 12.0. The van der Waals surface area contributed by atoms with Crippen LogP contribution in [0.3, 0.4) is 0 Å². The van der Waals surface area contributed by atoms with E-state index in [0.29, 0.717) is 32.9 Å². The number of morpholine rings is 1. The van der Waals surface area contributed by atoms with Gasteiger partial charge >= 0.3 is 0 Å². The Kier molecular flexibility index (Phi) is 4.31. The van der Waals surface area contributed by atoms with Crippen molar-refractivity contribution in [3.05, 3.63) is 35.9 Å². The van der Waals surface area contributed by atoms with E-state index in [1.165, 1.54) is 0 Å². The highest BCUT2D eigenvalue weighted by molar-refractivity contribution is 7.88. The van der Waals surface area contributed by atoms with Gasteiger partial charge in [-0.1, -0.05) is 30.3 Å². The maximum absolute atomic E-state index is 12.6. The summed E-state index contributed by atoms with van der Waals surface area (Å²) >= 11 is 0. The molecule has 0 saturated carbocycles. The summed E-state index contributed by atoms with van der Waals surface area (Å²) in [6, 6.07) is 9.32. The van der Waals surface area contributed by atoms with Crippen LogP contribution in [-0.4, -0.2) is 51.2 Å². The lowest BCUT2D eigenvalue weighted by Gasteiger charge is -2.44. The zero-order valence-corrected chi connectivity index (χ0v) is 12.8. The van der Waals surface area contributed by atoms with Crippen LogP contribution in [0, 0.1) is 0 Å². The number of sulfonamides is 1. The number of benzene rings is 1. The van der Waals surface area contributed by atoms with Crippen LogP contribution in [0.15, 0.2) is 30.3 Å². The third-order valence-corrected chi connectivity index (χ3v) is 6.00. The van der Waals surface area contributed by atoms with Crippen LogP contribution in [0.25, 0.3) is 0 Å². The molecule has 21 heavy (non-hydrogen) atoms. The van der Waals surface area contributed by atoms with E-state index in [4.69, 9.17) is 9.47 Å². The second-order valence-corrected chi connectivity index (χ2v) is 7.69. The van der Waals surface area contributed by atoms with Gasteiger partial charge in [0.15, 0.2) is 0 Å². The van der Waals surface area contributed by atoms with E-state index in [9.17, 15) is 8.42 Å². The topological polar surface area (TPSA) is 55.8 Å². The van der Waals surface area contributed by atoms with Crippen molar-refractivity contribution in [3.63, 3.8) is 0 Å². The van der Waals surface area contributed by atoms with Crippen LogP contribution in [0.5, 0.6) is 0 Å². The lowest BCUT2D eigenvalue weighted by molar-refractivity contribution is -0.139. The Hall–Kier alpha value is -0.950. The largest absolute Gasteiger partial charge is 0.381 e. The highest BCUT2D eigenvalue weighted by Crippen LogP contribution is 2.30. The molecule has 0 atom stereocenters. The van der Waals surface area contributed by atoms with Crippen molar-refractivity contribution >= 4 is 10.0 Å². The SMILES string of the molecule is O=S(=O)(Cc1ccccc1)N1CCOC2(CCOCC2)C1. The van der Waals surface area contributed by atoms with Crippen LogP contribution in [0.1, 0.15) is 18.4 Å². The molecule has 1 aromatic carbocycles. The third-order valence-electron chi connectivity index (χ3n) is 4.20. The number of ether oxygens (including phenoxy) is 2. The first-order chi connectivity index (χ1) is 10.1. The molecule has 6 heteroatoms. The van der Waals surface area contributed by atoms with E-state index >= 15 is 0 Å². The van der Waals surface area contributed by atoms with Crippen LogP contribution in [-0.2, 0) is 25.2 Å². The summed E-state index contributed by atoms with van der Waals surface area (Å²) in [5, 5.41) is 0. The molecule has 1 spiro atoms. The summed E-state index contributed by atoms with van der Waals surface area (Å²) in [7, 11) is -3.30. The molecule has 0 aliphatic carbocycles. The third kappa shape index (κ3) is 3.45. The zero-order chi connectivity index (χ0) is 14.8. The van der Waals surface area contributed by atoms with Crippen molar-refractivity contribution < 1.29 is 17.9 Å². The molecule has 2 aliphatic rings. The Morgan fingerprint density at radius 2 is 1.81 bits per heavy atom. The molecule has 0 N–H and O–H groups in total. The molecule has 116 valence electrons. The monoisotopic (exact) mass is 311 g/mol. The Balaban J connectivity index is 1.73. The highest BCUT2D eigenvalue weighted by Gasteiger charge is 2.41. The fourth-order valence-corrected chi connectivity index (χ4v) is 4.55. The molecule has 2 fully saturated rings. The number of hydrogen-bond acceptors (Lipinski definition) is 4. The molecule has 3 rings (SSSR count). The normalized spacial score (nSPS) is 23.2. The first-order valence-corrected chi connectivity index (χ1v) is 8.94. The van der Waals surface area contributed by atoms with Gasteiger partial charge in [-0.25, -0.2) is 8.42 Å². The summed E-state index contributed by atoms with van der Waals surface area (Å²) in [6.07, 6.45) is 1.54. The average Bonchev–Trinajstić information content (AvgIpc) is 2.49. The molecule has 0 amide bonds. The Bertz CT molecular complexity index is 561. The maximum atomic E-state index is 12.6. The molecule has 1 aromatic rings. The van der Waals surface area contributed by atoms with Gasteiger partial charge in [0.2, 0.25) is 10.0 Å². The molecule has 0 bridgehead atoms. The number of nitrogens with zero attached hydrogens (tertiary/aromatic N) is 1. The molecule has 2 saturated heterocycles. The first-order valence-electron chi connectivity index (χ1n) is 7.33. The van der Waals surface area contributed by atoms with E-state index in [2.05, 4.69) is 0 Å². The summed E-state index contributed by atoms with van der Waals surface area (Å²) in [6.45, 7) is 2.65.